The number of nitrogens with zero attached hydrogens (tertiary/aromatic N) is 1. The molecular formula is C21H23LiN2O4. The molecule has 1 amide bonds. The van der Waals surface area contributed by atoms with Gasteiger partial charge in [0.2, 0.25) is 0 Å². The molecule has 6 nitrogen and oxygen atoms in total. The topological polar surface area (TPSA) is 92.7 Å². The molecule has 0 saturated carbocycles. The van der Waals surface area contributed by atoms with Gasteiger partial charge in [-0.3, -0.25) is 9.69 Å². The van der Waals surface area contributed by atoms with E-state index in [4.69, 9.17) is 0 Å². The molecule has 0 aliphatic carbocycles. The molecule has 28 heavy (non-hydrogen) atoms. The van der Waals surface area contributed by atoms with Gasteiger partial charge in [-0.25, -0.2) is 0 Å². The fraction of sp³-hybridized carbons (Fsp3) is 0.333. The summed E-state index contributed by atoms with van der Waals surface area (Å²) in [5.41, 5.74) is 3.09. The average molecular weight is 374 g/mol. The van der Waals surface area contributed by atoms with Crippen molar-refractivity contribution in [3.8, 4) is 0 Å². The molecule has 2 N–H and O–H groups in total. The molecule has 0 aromatic heterocycles. The molecule has 0 radical (unpaired) electrons. The van der Waals surface area contributed by atoms with E-state index in [2.05, 4.69) is 28.4 Å². The summed E-state index contributed by atoms with van der Waals surface area (Å²) in [6, 6.07) is 13.9. The van der Waals surface area contributed by atoms with Crippen LogP contribution in [-0.2, 0) is 13.0 Å². The summed E-state index contributed by atoms with van der Waals surface area (Å²) in [4.78, 5) is 25.0. The number of benzene rings is 2. The predicted octanol–water partition coefficient (Wildman–Crippen LogP) is -2.41. The van der Waals surface area contributed by atoms with Crippen LogP contribution in [0.3, 0.4) is 0 Å². The zero-order valence-electron chi connectivity index (χ0n) is 16.1. The molecule has 3 rings (SSSR count). The number of carboxylic acids is 1. The molecule has 2 aromatic rings. The Labute approximate surface area is 176 Å². The first kappa shape index (κ1) is 22.2. The first-order valence-electron chi connectivity index (χ1n) is 9.10. The van der Waals surface area contributed by atoms with Crippen LogP contribution < -0.4 is 29.3 Å². The molecule has 0 saturated heterocycles. The molecule has 7 heteroatoms. The van der Waals surface area contributed by atoms with Crippen molar-refractivity contribution in [3.63, 3.8) is 0 Å². The number of carboxylic acid groups (broad SMARTS) is 1. The molecule has 0 spiro atoms. The smallest absolute Gasteiger partial charge is 0.545 e. The van der Waals surface area contributed by atoms with E-state index in [0.29, 0.717) is 25.1 Å². The third kappa shape index (κ3) is 5.95. The summed E-state index contributed by atoms with van der Waals surface area (Å²) in [6.45, 7) is 2.69. The molecule has 0 bridgehead atoms. The van der Waals surface area contributed by atoms with Gasteiger partial charge in [-0.15, -0.1) is 0 Å². The van der Waals surface area contributed by atoms with Gasteiger partial charge in [-0.2, -0.15) is 0 Å². The Balaban J connectivity index is 0.00000280. The van der Waals surface area contributed by atoms with Crippen LogP contribution in [0.1, 0.15) is 38.3 Å². The van der Waals surface area contributed by atoms with E-state index in [1.165, 1.54) is 35.4 Å². The molecule has 1 heterocycles. The minimum atomic E-state index is -1.27. The normalized spacial score (nSPS) is 14.5. The number of nitrogens with one attached hydrogen (secondary N) is 1. The molecule has 1 aliphatic rings. The first-order chi connectivity index (χ1) is 13.0. The Morgan fingerprint density at radius 1 is 1.07 bits per heavy atom. The summed E-state index contributed by atoms with van der Waals surface area (Å²) in [7, 11) is 0. The molecule has 142 valence electrons. The van der Waals surface area contributed by atoms with Crippen LogP contribution in [0.5, 0.6) is 0 Å². The number of aliphatic hydroxyl groups is 1. The van der Waals surface area contributed by atoms with Crippen LogP contribution in [0.4, 0.5) is 0 Å². The van der Waals surface area contributed by atoms with E-state index in [-0.39, 0.29) is 30.3 Å². The second-order valence-corrected chi connectivity index (χ2v) is 6.82. The van der Waals surface area contributed by atoms with Crippen molar-refractivity contribution in [3.05, 3.63) is 70.8 Å². The van der Waals surface area contributed by atoms with Crippen molar-refractivity contribution in [2.24, 2.45) is 0 Å². The van der Waals surface area contributed by atoms with Crippen LogP contribution in [0.2, 0.25) is 0 Å². The van der Waals surface area contributed by atoms with Gasteiger partial charge in [0.25, 0.3) is 5.91 Å². The quantitative estimate of drug-likeness (QED) is 0.527. The van der Waals surface area contributed by atoms with Crippen LogP contribution in [0, 0.1) is 0 Å². The Bertz CT molecular complexity index is 810. The fourth-order valence-electron chi connectivity index (χ4n) is 3.31. The zero-order chi connectivity index (χ0) is 19.2. The summed E-state index contributed by atoms with van der Waals surface area (Å²) >= 11 is 0. The number of carbonyl (C=O) groups is 2. The molecule has 2 aromatic carbocycles. The monoisotopic (exact) mass is 374 g/mol. The van der Waals surface area contributed by atoms with E-state index in [9.17, 15) is 19.8 Å². The van der Waals surface area contributed by atoms with Crippen LogP contribution in [0.15, 0.2) is 48.5 Å². The third-order valence-electron chi connectivity index (χ3n) is 4.82. The SMILES string of the molecule is O=C([O-])c1ccc(C(=O)NCCC(O)CN2CCc3ccccc3C2)cc1.[Li+]. The van der Waals surface area contributed by atoms with Gasteiger partial charge in [-0.1, -0.05) is 36.4 Å². The minimum absolute atomic E-state index is 0. The maximum absolute atomic E-state index is 12.1. The van der Waals surface area contributed by atoms with Crippen molar-refractivity contribution in [1.29, 1.82) is 0 Å². The van der Waals surface area contributed by atoms with Gasteiger partial charge in [-0.05, 0) is 41.7 Å². The second kappa shape index (κ2) is 10.4. The summed E-state index contributed by atoms with van der Waals surface area (Å²) in [5.74, 6) is -1.57. The summed E-state index contributed by atoms with van der Waals surface area (Å²) in [5, 5.41) is 23.7. The Hall–Kier alpha value is -2.10. The number of aliphatic hydroxyl groups excluding tert-OH is 1. The average Bonchev–Trinajstić information content (AvgIpc) is 2.68. The molecule has 0 fully saturated rings. The molecule has 1 atom stereocenters. The second-order valence-electron chi connectivity index (χ2n) is 6.82. The van der Waals surface area contributed by atoms with Crippen molar-refractivity contribution in [1.82, 2.24) is 10.2 Å². The summed E-state index contributed by atoms with van der Waals surface area (Å²) < 4.78 is 0. The van der Waals surface area contributed by atoms with Gasteiger partial charge < -0.3 is 20.3 Å². The number of carbonyl (C=O) groups excluding carboxylic acids is 2. The van der Waals surface area contributed by atoms with E-state index < -0.39 is 12.1 Å². The predicted molar refractivity (Wildman–Crippen MR) is 99.2 cm³/mol. The van der Waals surface area contributed by atoms with Crippen LogP contribution in [-0.4, -0.2) is 47.6 Å². The number of hydrogen-bond donors (Lipinski definition) is 2. The van der Waals surface area contributed by atoms with Gasteiger partial charge >= 0.3 is 18.9 Å². The maximum Gasteiger partial charge on any atom is 1.00 e. The molecular weight excluding hydrogens is 351 g/mol. The van der Waals surface area contributed by atoms with Crippen molar-refractivity contribution < 1.29 is 38.7 Å². The van der Waals surface area contributed by atoms with Gasteiger partial charge in [0, 0.05) is 31.7 Å². The van der Waals surface area contributed by atoms with Crippen LogP contribution in [0.25, 0.3) is 0 Å². The van der Waals surface area contributed by atoms with Gasteiger partial charge in [0.15, 0.2) is 0 Å². The minimum Gasteiger partial charge on any atom is -0.545 e. The third-order valence-corrected chi connectivity index (χ3v) is 4.82. The Morgan fingerprint density at radius 2 is 1.71 bits per heavy atom. The van der Waals surface area contributed by atoms with E-state index in [1.54, 1.807) is 0 Å². The number of amides is 1. The van der Waals surface area contributed by atoms with E-state index >= 15 is 0 Å². The van der Waals surface area contributed by atoms with Crippen molar-refractivity contribution in [2.75, 3.05) is 19.6 Å². The number of β-amino-alcohol motifs (C(OH)–C–C–N with tert-alkyl or cyclic N) is 1. The Kier molecular flexibility index (Phi) is 8.28. The van der Waals surface area contributed by atoms with E-state index in [1.807, 2.05) is 6.07 Å². The number of rotatable bonds is 7. The summed E-state index contributed by atoms with van der Waals surface area (Å²) in [6.07, 6.45) is 0.929. The van der Waals surface area contributed by atoms with Crippen LogP contribution >= 0.6 is 0 Å². The van der Waals surface area contributed by atoms with E-state index in [0.717, 1.165) is 19.5 Å². The fourth-order valence-corrected chi connectivity index (χ4v) is 3.31. The standard InChI is InChI=1S/C21H24N2O4.Li/c24-19(14-23-12-10-15-3-1-2-4-18(15)13-23)9-11-22-20(25)16-5-7-17(8-6-16)21(26)27;/h1-8,19,24H,9-14H2,(H,22,25)(H,26,27);/q;+1/p-1. The zero-order valence-corrected chi connectivity index (χ0v) is 16.1. The number of fused-ring (bicyclic) bond motifs is 1. The number of aromatic carboxylic acids is 1. The van der Waals surface area contributed by atoms with Gasteiger partial charge in [0.05, 0.1) is 12.1 Å². The molecule has 1 unspecified atom stereocenters. The number of hydrogen-bond acceptors (Lipinski definition) is 5. The van der Waals surface area contributed by atoms with Gasteiger partial charge in [0.1, 0.15) is 0 Å². The first-order valence-corrected chi connectivity index (χ1v) is 9.10. The van der Waals surface area contributed by atoms with Crippen molar-refractivity contribution >= 4 is 11.9 Å². The molecule has 1 aliphatic heterocycles. The maximum atomic E-state index is 12.1. The largest absolute Gasteiger partial charge is 1.00 e. The van der Waals surface area contributed by atoms with Crippen molar-refractivity contribution in [2.45, 2.75) is 25.5 Å². The Morgan fingerprint density at radius 3 is 2.39 bits per heavy atom.